The van der Waals surface area contributed by atoms with Crippen LogP contribution in [-0.2, 0) is 10.0 Å². The summed E-state index contributed by atoms with van der Waals surface area (Å²) in [7, 11) is -0.769. The van der Waals surface area contributed by atoms with E-state index in [9.17, 15) is 13.2 Å². The van der Waals surface area contributed by atoms with Crippen LogP contribution in [0, 0.1) is 0 Å². The zero-order valence-electron chi connectivity index (χ0n) is 16.9. The number of hydrogen-bond acceptors (Lipinski definition) is 5. The molecular weight excluding hydrogens is 390 g/mol. The minimum Gasteiger partial charge on any atom is -0.492 e. The number of anilines is 1. The first kappa shape index (κ1) is 20.9. The van der Waals surface area contributed by atoms with E-state index in [4.69, 9.17) is 4.74 Å². The van der Waals surface area contributed by atoms with Gasteiger partial charge in [0.05, 0.1) is 12.6 Å². The highest BCUT2D eigenvalue weighted by atomic mass is 32.2. The smallest absolute Gasteiger partial charge is 0.246 e. The Kier molecular flexibility index (Phi) is 5.95. The Bertz CT molecular complexity index is 1140. The molecule has 0 fully saturated rings. The number of benzene rings is 2. The molecule has 29 heavy (non-hydrogen) atoms. The van der Waals surface area contributed by atoms with Gasteiger partial charge >= 0.3 is 0 Å². The number of hydrogen-bond donors (Lipinski definition) is 2. The average Bonchev–Trinajstić information content (AvgIpc) is 3.12. The molecule has 0 radical (unpaired) electrons. The third kappa shape index (κ3) is 4.13. The summed E-state index contributed by atoms with van der Waals surface area (Å²) in [6, 6.07) is 11.8. The van der Waals surface area contributed by atoms with Crippen LogP contribution in [0.4, 0.5) is 5.69 Å². The van der Waals surface area contributed by atoms with Crippen molar-refractivity contribution in [1.29, 1.82) is 0 Å². The lowest BCUT2D eigenvalue weighted by Crippen LogP contribution is -2.27. The molecule has 1 aromatic heterocycles. The van der Waals surface area contributed by atoms with Gasteiger partial charge in [0.25, 0.3) is 0 Å². The number of ketones is 1. The molecule has 0 spiro atoms. The fourth-order valence-corrected chi connectivity index (χ4v) is 4.15. The summed E-state index contributed by atoms with van der Waals surface area (Å²) in [6.07, 6.45) is 1.70. The number of carbonyl (C=O) groups excluding carboxylic acids is 1. The predicted molar refractivity (Wildman–Crippen MR) is 114 cm³/mol. The summed E-state index contributed by atoms with van der Waals surface area (Å²) in [6.45, 7) is 3.89. The van der Waals surface area contributed by atoms with Gasteiger partial charge in [-0.25, -0.2) is 12.7 Å². The number of H-pyrrole nitrogens is 1. The highest BCUT2D eigenvalue weighted by Crippen LogP contribution is 2.30. The van der Waals surface area contributed by atoms with Crippen molar-refractivity contribution in [3.63, 3.8) is 0 Å². The third-order valence-electron chi connectivity index (χ3n) is 4.63. The van der Waals surface area contributed by atoms with Gasteiger partial charge in [-0.2, -0.15) is 0 Å². The summed E-state index contributed by atoms with van der Waals surface area (Å²) in [4.78, 5) is 16.1. The second-order valence-corrected chi connectivity index (χ2v) is 8.98. The summed E-state index contributed by atoms with van der Waals surface area (Å²) in [5.74, 6) is 0.190. The molecule has 3 rings (SSSR count). The van der Waals surface area contributed by atoms with Gasteiger partial charge in [0.15, 0.2) is 5.78 Å². The molecule has 8 heteroatoms. The van der Waals surface area contributed by atoms with Gasteiger partial charge in [-0.1, -0.05) is 18.2 Å². The molecule has 0 unspecified atom stereocenters. The Labute approximate surface area is 170 Å². The zero-order valence-corrected chi connectivity index (χ0v) is 17.7. The lowest BCUT2D eigenvalue weighted by molar-refractivity contribution is 0.0977. The van der Waals surface area contributed by atoms with Gasteiger partial charge in [-0.15, -0.1) is 0 Å². The maximum atomic E-state index is 12.9. The Balaban J connectivity index is 1.90. The van der Waals surface area contributed by atoms with Gasteiger partial charge in [-0.05, 0) is 38.1 Å². The quantitative estimate of drug-likeness (QED) is 0.550. The number of nitrogens with zero attached hydrogens (tertiary/aromatic N) is 1. The van der Waals surface area contributed by atoms with E-state index in [1.165, 1.54) is 20.2 Å². The van der Waals surface area contributed by atoms with E-state index < -0.39 is 16.1 Å². The van der Waals surface area contributed by atoms with E-state index in [2.05, 4.69) is 10.3 Å². The van der Waals surface area contributed by atoms with Gasteiger partial charge in [0.1, 0.15) is 10.6 Å². The Morgan fingerprint density at radius 2 is 1.93 bits per heavy atom. The number of fused-ring (bicyclic) bond motifs is 1. The molecule has 3 aromatic rings. The fraction of sp³-hybridized carbons (Fsp3) is 0.286. The van der Waals surface area contributed by atoms with E-state index in [1.807, 2.05) is 24.3 Å². The van der Waals surface area contributed by atoms with Crippen LogP contribution in [0.5, 0.6) is 5.75 Å². The monoisotopic (exact) mass is 415 g/mol. The van der Waals surface area contributed by atoms with Crippen LogP contribution < -0.4 is 10.1 Å². The molecule has 0 aliphatic carbocycles. The molecule has 7 nitrogen and oxygen atoms in total. The summed E-state index contributed by atoms with van der Waals surface area (Å²) >= 11 is 0. The molecule has 0 aliphatic heterocycles. The van der Waals surface area contributed by atoms with E-state index in [1.54, 1.807) is 32.2 Å². The zero-order chi connectivity index (χ0) is 21.2. The van der Waals surface area contributed by atoms with E-state index in [-0.39, 0.29) is 16.4 Å². The molecule has 154 valence electrons. The van der Waals surface area contributed by atoms with E-state index in [0.29, 0.717) is 17.9 Å². The van der Waals surface area contributed by atoms with Crippen molar-refractivity contribution in [1.82, 2.24) is 9.29 Å². The fourth-order valence-electron chi connectivity index (χ4n) is 3.10. The molecule has 0 saturated carbocycles. The lowest BCUT2D eigenvalue weighted by Gasteiger charge is -2.19. The van der Waals surface area contributed by atoms with Crippen LogP contribution in [0.2, 0.25) is 0 Å². The molecule has 2 N–H and O–H groups in total. The molecule has 0 amide bonds. The van der Waals surface area contributed by atoms with Crippen LogP contribution in [-0.4, -0.2) is 50.2 Å². The highest BCUT2D eigenvalue weighted by molar-refractivity contribution is 7.89. The molecule has 1 atom stereocenters. The van der Waals surface area contributed by atoms with Crippen molar-refractivity contribution >= 4 is 32.4 Å². The predicted octanol–water partition coefficient (Wildman–Crippen LogP) is 3.50. The van der Waals surface area contributed by atoms with Gasteiger partial charge in [0.2, 0.25) is 10.0 Å². The van der Waals surface area contributed by atoms with Crippen molar-refractivity contribution in [2.45, 2.75) is 24.8 Å². The van der Waals surface area contributed by atoms with Gasteiger partial charge in [-0.3, -0.25) is 4.79 Å². The Morgan fingerprint density at radius 3 is 2.62 bits per heavy atom. The first-order chi connectivity index (χ1) is 13.8. The number of nitrogens with one attached hydrogen (secondary N) is 2. The normalized spacial score (nSPS) is 12.9. The minimum atomic E-state index is -3.70. The summed E-state index contributed by atoms with van der Waals surface area (Å²) in [5, 5.41) is 3.97. The number of para-hydroxylation sites is 1. The second kappa shape index (κ2) is 8.26. The van der Waals surface area contributed by atoms with E-state index in [0.717, 1.165) is 15.2 Å². The maximum absolute atomic E-state index is 12.9. The highest BCUT2D eigenvalue weighted by Gasteiger charge is 2.24. The summed E-state index contributed by atoms with van der Waals surface area (Å²) in [5.41, 5.74) is 2.01. The minimum absolute atomic E-state index is 0.0566. The van der Waals surface area contributed by atoms with Crippen molar-refractivity contribution in [2.75, 3.05) is 26.0 Å². The molecule has 2 aromatic carbocycles. The van der Waals surface area contributed by atoms with Crippen molar-refractivity contribution in [3.8, 4) is 5.75 Å². The van der Waals surface area contributed by atoms with Crippen LogP contribution in [0.1, 0.15) is 24.2 Å². The first-order valence-corrected chi connectivity index (χ1v) is 10.8. The Morgan fingerprint density at radius 1 is 1.21 bits per heavy atom. The number of aromatic amines is 1. The first-order valence-electron chi connectivity index (χ1n) is 9.32. The van der Waals surface area contributed by atoms with Crippen LogP contribution in [0.3, 0.4) is 0 Å². The molecular formula is C21H25N3O4S. The summed E-state index contributed by atoms with van der Waals surface area (Å²) < 4.78 is 32.0. The second-order valence-electron chi connectivity index (χ2n) is 6.86. The molecule has 0 aliphatic rings. The standard InChI is InChI=1S/C21H25N3O4S/c1-5-28-19-11-10-15(12-20(19)29(26,27)24(3)4)23-14(2)21(25)17-13-22-18-9-7-6-8-16(17)18/h6-14,22-23H,5H2,1-4H3/t14-/m0/s1. The van der Waals surface area contributed by atoms with Gasteiger partial charge < -0.3 is 15.0 Å². The van der Waals surface area contributed by atoms with Crippen LogP contribution in [0.15, 0.2) is 53.6 Å². The number of carbonyl (C=O) groups is 1. The van der Waals surface area contributed by atoms with Crippen molar-refractivity contribution in [3.05, 3.63) is 54.2 Å². The van der Waals surface area contributed by atoms with Gasteiger partial charge in [0, 0.05) is 42.4 Å². The number of ether oxygens (including phenoxy) is 1. The number of Topliss-reactive ketones (excluding diaryl/α,β-unsaturated/α-hetero) is 1. The molecule has 1 heterocycles. The third-order valence-corrected chi connectivity index (χ3v) is 6.47. The largest absolute Gasteiger partial charge is 0.492 e. The number of rotatable bonds is 8. The lowest BCUT2D eigenvalue weighted by atomic mass is 10.0. The molecule has 0 saturated heterocycles. The topological polar surface area (TPSA) is 91.5 Å². The van der Waals surface area contributed by atoms with E-state index >= 15 is 0 Å². The number of sulfonamides is 1. The SMILES string of the molecule is CCOc1ccc(N[C@@H](C)C(=O)c2c[nH]c3ccccc23)cc1S(=O)(=O)N(C)C. The van der Waals surface area contributed by atoms with Crippen molar-refractivity contribution in [2.24, 2.45) is 0 Å². The average molecular weight is 416 g/mol. The Hall–Kier alpha value is -2.84. The number of aromatic nitrogens is 1. The van der Waals surface area contributed by atoms with Crippen molar-refractivity contribution < 1.29 is 17.9 Å². The van der Waals surface area contributed by atoms with Crippen LogP contribution in [0.25, 0.3) is 10.9 Å². The maximum Gasteiger partial charge on any atom is 0.246 e. The molecule has 0 bridgehead atoms. The van der Waals surface area contributed by atoms with Crippen LogP contribution >= 0.6 is 0 Å².